The third-order valence-electron chi connectivity index (χ3n) is 2.42. The van der Waals surface area contributed by atoms with Gasteiger partial charge in [-0.15, -0.1) is 0 Å². The summed E-state index contributed by atoms with van der Waals surface area (Å²) in [5.41, 5.74) is 4.89. The number of hydrogen-bond donors (Lipinski definition) is 2. The molecule has 0 unspecified atom stereocenters. The highest BCUT2D eigenvalue weighted by Gasteiger charge is 2.25. The Balaban J connectivity index is 2.36. The van der Waals surface area contributed by atoms with Crippen molar-refractivity contribution in [3.05, 3.63) is 0 Å². The first-order chi connectivity index (χ1) is 7.78. The van der Waals surface area contributed by atoms with Gasteiger partial charge >= 0.3 is 6.09 Å². The Bertz CT molecular complexity index is 290. The van der Waals surface area contributed by atoms with E-state index in [1.54, 1.807) is 4.90 Å². The van der Waals surface area contributed by atoms with Crippen LogP contribution in [0.3, 0.4) is 0 Å². The van der Waals surface area contributed by atoms with Crippen molar-refractivity contribution in [1.29, 1.82) is 5.41 Å². The zero-order chi connectivity index (χ0) is 13.1. The normalized spacial score (nSPS) is 17.9. The third kappa shape index (κ3) is 5.04. The molecular weight excluding hydrogens is 220 g/mol. The van der Waals surface area contributed by atoms with Crippen LogP contribution in [0, 0.1) is 5.41 Å². The minimum Gasteiger partial charge on any atom is -0.444 e. The third-order valence-corrected chi connectivity index (χ3v) is 2.42. The van der Waals surface area contributed by atoms with E-state index < -0.39 is 5.60 Å². The molecule has 0 aromatic carbocycles. The molecule has 1 aliphatic heterocycles. The first-order valence-electron chi connectivity index (χ1n) is 5.81. The zero-order valence-electron chi connectivity index (χ0n) is 10.8. The van der Waals surface area contributed by atoms with Gasteiger partial charge < -0.3 is 15.4 Å². The summed E-state index contributed by atoms with van der Waals surface area (Å²) in [5.74, 6) is 0.163. The summed E-state index contributed by atoms with van der Waals surface area (Å²) < 4.78 is 5.30. The summed E-state index contributed by atoms with van der Waals surface area (Å²) in [5, 5.41) is 7.21. The summed E-state index contributed by atoms with van der Waals surface area (Å²) in [6, 6.07) is 0. The van der Waals surface area contributed by atoms with Gasteiger partial charge in [-0.2, -0.15) is 0 Å². The van der Waals surface area contributed by atoms with E-state index in [0.717, 1.165) is 13.1 Å². The maximum absolute atomic E-state index is 11.8. The van der Waals surface area contributed by atoms with Crippen LogP contribution in [0.2, 0.25) is 0 Å². The van der Waals surface area contributed by atoms with Gasteiger partial charge in [0.2, 0.25) is 0 Å². The van der Waals surface area contributed by atoms with Crippen molar-refractivity contribution in [2.45, 2.75) is 26.4 Å². The molecule has 0 bridgehead atoms. The number of piperazine rings is 1. The first-order valence-corrected chi connectivity index (χ1v) is 5.81. The Morgan fingerprint density at radius 1 is 1.29 bits per heavy atom. The molecule has 1 rings (SSSR count). The molecule has 6 nitrogen and oxygen atoms in total. The summed E-state index contributed by atoms with van der Waals surface area (Å²) in [6.07, 6.45) is -0.264. The monoisotopic (exact) mass is 242 g/mol. The number of carbonyl (C=O) groups is 1. The maximum Gasteiger partial charge on any atom is 0.410 e. The van der Waals surface area contributed by atoms with Gasteiger partial charge in [0, 0.05) is 26.2 Å². The molecule has 1 saturated heterocycles. The van der Waals surface area contributed by atoms with E-state index in [1.807, 2.05) is 20.8 Å². The molecule has 17 heavy (non-hydrogen) atoms. The van der Waals surface area contributed by atoms with Gasteiger partial charge in [0.25, 0.3) is 0 Å². The molecule has 0 radical (unpaired) electrons. The molecule has 1 heterocycles. The van der Waals surface area contributed by atoms with Crippen LogP contribution >= 0.6 is 0 Å². The Morgan fingerprint density at radius 3 is 2.24 bits per heavy atom. The van der Waals surface area contributed by atoms with Crippen molar-refractivity contribution >= 4 is 11.9 Å². The molecule has 0 aliphatic carbocycles. The second-order valence-electron chi connectivity index (χ2n) is 5.27. The van der Waals surface area contributed by atoms with Crippen LogP contribution < -0.4 is 5.73 Å². The highest BCUT2D eigenvalue weighted by molar-refractivity contribution is 5.79. The fourth-order valence-corrected chi connectivity index (χ4v) is 1.66. The number of rotatable bonds is 2. The molecular formula is C11H22N4O2. The van der Waals surface area contributed by atoms with Crippen molar-refractivity contribution in [1.82, 2.24) is 9.80 Å². The molecule has 3 N–H and O–H groups in total. The average molecular weight is 242 g/mol. The molecule has 0 aromatic rings. The van der Waals surface area contributed by atoms with Gasteiger partial charge in [0.15, 0.2) is 0 Å². The fraction of sp³-hybridized carbons (Fsp3) is 0.818. The Labute approximate surface area is 102 Å². The molecule has 98 valence electrons. The lowest BCUT2D eigenvalue weighted by Crippen LogP contribution is -2.51. The number of nitrogens with one attached hydrogen (secondary N) is 1. The van der Waals surface area contributed by atoms with E-state index in [-0.39, 0.29) is 11.9 Å². The SMILES string of the molecule is CC(C)(C)OC(=O)N1CCN(CC(=N)N)CC1. The molecule has 1 fully saturated rings. The quantitative estimate of drug-likeness (QED) is 0.545. The summed E-state index contributed by atoms with van der Waals surface area (Å²) >= 11 is 0. The predicted molar refractivity (Wildman–Crippen MR) is 66.2 cm³/mol. The van der Waals surface area contributed by atoms with E-state index in [2.05, 4.69) is 4.90 Å². The summed E-state index contributed by atoms with van der Waals surface area (Å²) in [7, 11) is 0. The average Bonchev–Trinajstić information content (AvgIpc) is 2.15. The smallest absolute Gasteiger partial charge is 0.410 e. The molecule has 0 atom stereocenters. The highest BCUT2D eigenvalue weighted by atomic mass is 16.6. The summed E-state index contributed by atoms with van der Waals surface area (Å²) in [4.78, 5) is 15.5. The minimum atomic E-state index is -0.451. The number of amides is 1. The zero-order valence-corrected chi connectivity index (χ0v) is 10.8. The minimum absolute atomic E-state index is 0.163. The van der Waals surface area contributed by atoms with Crippen LogP contribution in [0.4, 0.5) is 4.79 Å². The standard InChI is InChI=1S/C11H22N4O2/c1-11(2,3)17-10(16)15-6-4-14(5-7-15)8-9(12)13/h4-8H2,1-3H3,(H3,12,13). The lowest BCUT2D eigenvalue weighted by atomic mass is 10.2. The number of nitrogens with two attached hydrogens (primary N) is 1. The van der Waals surface area contributed by atoms with Gasteiger partial charge in [-0.1, -0.05) is 0 Å². The topological polar surface area (TPSA) is 82.7 Å². The van der Waals surface area contributed by atoms with E-state index in [4.69, 9.17) is 15.9 Å². The molecule has 0 spiro atoms. The molecule has 6 heteroatoms. The molecule has 1 amide bonds. The van der Waals surface area contributed by atoms with Crippen LogP contribution in [-0.2, 0) is 4.74 Å². The van der Waals surface area contributed by atoms with Crippen molar-refractivity contribution in [3.63, 3.8) is 0 Å². The Kier molecular flexibility index (Phi) is 4.34. The Morgan fingerprint density at radius 2 is 1.82 bits per heavy atom. The lowest BCUT2D eigenvalue weighted by Gasteiger charge is -2.35. The number of amidine groups is 1. The number of nitrogens with zero attached hydrogens (tertiary/aromatic N) is 2. The maximum atomic E-state index is 11.8. The van der Waals surface area contributed by atoms with Gasteiger partial charge in [-0.25, -0.2) is 4.79 Å². The number of hydrogen-bond acceptors (Lipinski definition) is 4. The second-order valence-corrected chi connectivity index (χ2v) is 5.27. The van der Waals surface area contributed by atoms with Gasteiger partial charge in [-0.3, -0.25) is 10.3 Å². The second kappa shape index (κ2) is 5.35. The highest BCUT2D eigenvalue weighted by Crippen LogP contribution is 2.11. The van der Waals surface area contributed by atoms with Crippen molar-refractivity contribution in [2.75, 3.05) is 32.7 Å². The lowest BCUT2D eigenvalue weighted by molar-refractivity contribution is 0.0157. The fourth-order valence-electron chi connectivity index (χ4n) is 1.66. The predicted octanol–water partition coefficient (Wildman–Crippen LogP) is 0.475. The van der Waals surface area contributed by atoms with E-state index >= 15 is 0 Å². The van der Waals surface area contributed by atoms with E-state index in [9.17, 15) is 4.79 Å². The van der Waals surface area contributed by atoms with Crippen LogP contribution in [-0.4, -0.2) is 60.1 Å². The van der Waals surface area contributed by atoms with Crippen LogP contribution in [0.15, 0.2) is 0 Å². The van der Waals surface area contributed by atoms with Crippen molar-refractivity contribution in [2.24, 2.45) is 5.73 Å². The number of carbonyl (C=O) groups excluding carboxylic acids is 1. The van der Waals surface area contributed by atoms with Crippen LogP contribution in [0.5, 0.6) is 0 Å². The largest absolute Gasteiger partial charge is 0.444 e. The van der Waals surface area contributed by atoms with E-state index in [1.165, 1.54) is 0 Å². The van der Waals surface area contributed by atoms with Crippen molar-refractivity contribution < 1.29 is 9.53 Å². The Hall–Kier alpha value is -1.30. The van der Waals surface area contributed by atoms with Crippen LogP contribution in [0.1, 0.15) is 20.8 Å². The van der Waals surface area contributed by atoms with E-state index in [0.29, 0.717) is 19.6 Å². The first kappa shape index (κ1) is 13.8. The molecule has 0 aromatic heterocycles. The van der Waals surface area contributed by atoms with Gasteiger partial charge in [0.05, 0.1) is 6.54 Å². The van der Waals surface area contributed by atoms with Crippen molar-refractivity contribution in [3.8, 4) is 0 Å². The molecule has 1 aliphatic rings. The summed E-state index contributed by atoms with van der Waals surface area (Å²) in [6.45, 7) is 8.77. The van der Waals surface area contributed by atoms with Gasteiger partial charge in [-0.05, 0) is 20.8 Å². The molecule has 0 saturated carbocycles. The van der Waals surface area contributed by atoms with Crippen LogP contribution in [0.25, 0.3) is 0 Å². The van der Waals surface area contributed by atoms with Gasteiger partial charge in [0.1, 0.15) is 11.4 Å². The number of ether oxygens (including phenoxy) is 1.